The average molecular weight is 367 g/mol. The highest BCUT2D eigenvalue weighted by Crippen LogP contribution is 2.34. The number of rotatable bonds is 3. The molecule has 5 N–H and O–H groups in total. The molecule has 1 aliphatic carbocycles. The van der Waals surface area contributed by atoms with Gasteiger partial charge in [0.1, 0.15) is 5.54 Å². The van der Waals surface area contributed by atoms with Gasteiger partial charge in [-0.1, -0.05) is 12.8 Å². The summed E-state index contributed by atoms with van der Waals surface area (Å²) in [6, 6.07) is -0.331. The Bertz CT molecular complexity index is 374. The number of hydrogen-bond acceptors (Lipinski definition) is 3. The van der Waals surface area contributed by atoms with Gasteiger partial charge in [0, 0.05) is 0 Å². The van der Waals surface area contributed by atoms with Crippen LogP contribution >= 0.6 is 24.0 Å². The molecule has 2 rings (SSSR count). The smallest absolute Gasteiger partial charge is 0.325 e. The third kappa shape index (κ3) is 2.68. The number of imide groups is 1. The summed E-state index contributed by atoms with van der Waals surface area (Å²) in [7, 11) is 0. The minimum atomic E-state index is -0.644. The van der Waals surface area contributed by atoms with Crippen molar-refractivity contribution in [2.24, 2.45) is 16.5 Å². The van der Waals surface area contributed by atoms with E-state index in [2.05, 4.69) is 10.3 Å². The highest BCUT2D eigenvalue weighted by Gasteiger charge is 2.51. The van der Waals surface area contributed by atoms with E-state index in [1.54, 1.807) is 0 Å². The molecule has 0 bridgehead atoms. The SMILES string of the molecule is I.NC(N)=NCCN1C(=O)NC2(CCCC2)C1=O. The van der Waals surface area contributed by atoms with Crippen LogP contribution in [0, 0.1) is 0 Å². The summed E-state index contributed by atoms with van der Waals surface area (Å²) in [4.78, 5) is 28.8. The van der Waals surface area contributed by atoms with Gasteiger partial charge in [0.25, 0.3) is 5.91 Å². The van der Waals surface area contributed by atoms with Crippen molar-refractivity contribution in [2.45, 2.75) is 31.2 Å². The molecule has 2 fully saturated rings. The van der Waals surface area contributed by atoms with Crippen molar-refractivity contribution in [3.8, 4) is 0 Å². The van der Waals surface area contributed by atoms with E-state index in [0.717, 1.165) is 25.7 Å². The largest absolute Gasteiger partial charge is 0.370 e. The van der Waals surface area contributed by atoms with Crippen LogP contribution in [-0.4, -0.2) is 41.4 Å². The van der Waals surface area contributed by atoms with Crippen LogP contribution in [-0.2, 0) is 4.79 Å². The Labute approximate surface area is 122 Å². The van der Waals surface area contributed by atoms with Gasteiger partial charge in [-0.25, -0.2) is 4.79 Å². The van der Waals surface area contributed by atoms with Crippen molar-refractivity contribution >= 4 is 41.9 Å². The van der Waals surface area contributed by atoms with Crippen LogP contribution < -0.4 is 16.8 Å². The van der Waals surface area contributed by atoms with Crippen molar-refractivity contribution < 1.29 is 9.59 Å². The van der Waals surface area contributed by atoms with Gasteiger partial charge in [-0.3, -0.25) is 14.7 Å². The summed E-state index contributed by atoms with van der Waals surface area (Å²) < 4.78 is 0. The third-order valence-corrected chi connectivity index (χ3v) is 3.32. The molecule has 18 heavy (non-hydrogen) atoms. The minimum absolute atomic E-state index is 0. The number of aliphatic imine (C=N–C) groups is 1. The summed E-state index contributed by atoms with van der Waals surface area (Å²) in [5, 5.41) is 2.79. The Morgan fingerprint density at radius 1 is 1.33 bits per heavy atom. The predicted molar refractivity (Wildman–Crippen MR) is 77.5 cm³/mol. The van der Waals surface area contributed by atoms with Gasteiger partial charge in [0.15, 0.2) is 5.96 Å². The lowest BCUT2D eigenvalue weighted by atomic mass is 9.98. The summed E-state index contributed by atoms with van der Waals surface area (Å²) >= 11 is 0. The molecule has 1 spiro atoms. The zero-order valence-electron chi connectivity index (χ0n) is 10.0. The number of amides is 3. The molecule has 1 saturated carbocycles. The van der Waals surface area contributed by atoms with Crippen LogP contribution in [0.15, 0.2) is 4.99 Å². The molecule has 2 aliphatic rings. The topological polar surface area (TPSA) is 114 Å². The normalized spacial score (nSPS) is 20.8. The molecular weight excluding hydrogens is 349 g/mol. The maximum Gasteiger partial charge on any atom is 0.325 e. The number of nitrogens with one attached hydrogen (secondary N) is 1. The van der Waals surface area contributed by atoms with E-state index < -0.39 is 5.54 Å². The zero-order valence-corrected chi connectivity index (χ0v) is 12.3. The lowest BCUT2D eigenvalue weighted by Gasteiger charge is -2.19. The summed E-state index contributed by atoms with van der Waals surface area (Å²) in [5.41, 5.74) is 9.73. The van der Waals surface area contributed by atoms with Gasteiger partial charge >= 0.3 is 6.03 Å². The van der Waals surface area contributed by atoms with Crippen molar-refractivity contribution in [1.82, 2.24) is 10.2 Å². The zero-order chi connectivity index (χ0) is 12.5. The molecule has 8 heteroatoms. The summed E-state index contributed by atoms with van der Waals surface area (Å²) in [5.74, 6) is -0.168. The second-order valence-electron chi connectivity index (χ2n) is 4.48. The first-order chi connectivity index (χ1) is 8.05. The Hall–Kier alpha value is -1.06. The Morgan fingerprint density at radius 2 is 1.94 bits per heavy atom. The molecule has 0 aromatic heterocycles. The highest BCUT2D eigenvalue weighted by atomic mass is 127. The lowest BCUT2D eigenvalue weighted by Crippen LogP contribution is -2.44. The van der Waals surface area contributed by atoms with Crippen LogP contribution in [0.1, 0.15) is 25.7 Å². The standard InChI is InChI=1S/C10H17N5O2.HI/c11-8(12)13-5-6-15-7(16)10(14-9(15)17)3-1-2-4-10;/h1-6H2,(H,14,17)(H4,11,12,13);1H. The van der Waals surface area contributed by atoms with Crippen LogP contribution in [0.4, 0.5) is 4.79 Å². The molecule has 0 atom stereocenters. The number of nitrogens with zero attached hydrogens (tertiary/aromatic N) is 2. The Kier molecular flexibility index (Phi) is 4.77. The quantitative estimate of drug-likeness (QED) is 0.276. The van der Waals surface area contributed by atoms with Crippen molar-refractivity contribution in [3.63, 3.8) is 0 Å². The fourth-order valence-corrected chi connectivity index (χ4v) is 2.48. The number of carbonyl (C=O) groups excluding carboxylic acids is 2. The van der Waals surface area contributed by atoms with Crippen LogP contribution in [0.3, 0.4) is 0 Å². The molecular formula is C10H18IN5O2. The van der Waals surface area contributed by atoms with E-state index in [1.807, 2.05) is 0 Å². The Balaban J connectivity index is 0.00000162. The maximum atomic E-state index is 12.1. The van der Waals surface area contributed by atoms with Gasteiger partial charge < -0.3 is 16.8 Å². The fraction of sp³-hybridized carbons (Fsp3) is 0.700. The van der Waals surface area contributed by atoms with Crippen molar-refractivity contribution in [3.05, 3.63) is 0 Å². The highest BCUT2D eigenvalue weighted by molar-refractivity contribution is 14.0. The van der Waals surface area contributed by atoms with Gasteiger partial charge in [0.2, 0.25) is 0 Å². The van der Waals surface area contributed by atoms with Crippen LogP contribution in [0.25, 0.3) is 0 Å². The molecule has 3 amide bonds. The van der Waals surface area contributed by atoms with Crippen molar-refractivity contribution in [2.75, 3.05) is 13.1 Å². The fourth-order valence-electron chi connectivity index (χ4n) is 2.48. The number of nitrogens with two attached hydrogens (primary N) is 2. The molecule has 7 nitrogen and oxygen atoms in total. The minimum Gasteiger partial charge on any atom is -0.370 e. The number of halogens is 1. The second kappa shape index (κ2) is 5.72. The first-order valence-electron chi connectivity index (χ1n) is 5.75. The van der Waals surface area contributed by atoms with E-state index in [9.17, 15) is 9.59 Å². The Morgan fingerprint density at radius 3 is 2.50 bits per heavy atom. The molecule has 0 aromatic rings. The van der Waals surface area contributed by atoms with Gasteiger partial charge in [-0.05, 0) is 12.8 Å². The summed E-state index contributed by atoms with van der Waals surface area (Å²) in [6.07, 6.45) is 3.42. The monoisotopic (exact) mass is 367 g/mol. The molecule has 0 unspecified atom stereocenters. The average Bonchev–Trinajstić information content (AvgIpc) is 2.80. The van der Waals surface area contributed by atoms with Crippen LogP contribution in [0.2, 0.25) is 0 Å². The first-order valence-corrected chi connectivity index (χ1v) is 5.75. The van der Waals surface area contributed by atoms with E-state index in [1.165, 1.54) is 4.90 Å². The molecule has 1 heterocycles. The van der Waals surface area contributed by atoms with Crippen LogP contribution in [0.5, 0.6) is 0 Å². The number of guanidine groups is 1. The first kappa shape index (κ1) is 15.0. The predicted octanol–water partition coefficient (Wildman–Crippen LogP) is -0.258. The molecule has 0 aromatic carbocycles. The van der Waals surface area contributed by atoms with Gasteiger partial charge in [-0.2, -0.15) is 0 Å². The van der Waals surface area contributed by atoms with Gasteiger partial charge in [-0.15, -0.1) is 24.0 Å². The number of urea groups is 1. The molecule has 1 aliphatic heterocycles. The lowest BCUT2D eigenvalue weighted by molar-refractivity contribution is -0.131. The van der Waals surface area contributed by atoms with Gasteiger partial charge in [0.05, 0.1) is 13.1 Å². The summed E-state index contributed by atoms with van der Waals surface area (Å²) in [6.45, 7) is 0.474. The van der Waals surface area contributed by atoms with E-state index in [-0.39, 0.29) is 55.0 Å². The molecule has 1 saturated heterocycles. The number of hydrogen-bond donors (Lipinski definition) is 3. The molecule has 102 valence electrons. The molecule has 0 radical (unpaired) electrons. The second-order valence-corrected chi connectivity index (χ2v) is 4.48. The third-order valence-electron chi connectivity index (χ3n) is 3.32. The van der Waals surface area contributed by atoms with E-state index in [0.29, 0.717) is 0 Å². The maximum absolute atomic E-state index is 12.1. The number of carbonyl (C=O) groups is 2. The van der Waals surface area contributed by atoms with Crippen molar-refractivity contribution in [1.29, 1.82) is 0 Å². The van der Waals surface area contributed by atoms with E-state index >= 15 is 0 Å². The van der Waals surface area contributed by atoms with E-state index in [4.69, 9.17) is 11.5 Å².